The molecular weight excluding hydrogens is 379 g/mol. The minimum absolute atomic E-state index is 0.113. The number of aromatic nitrogens is 1. The summed E-state index contributed by atoms with van der Waals surface area (Å²) in [5.41, 5.74) is 0.650. The molecule has 0 unspecified atom stereocenters. The van der Waals surface area contributed by atoms with Crippen molar-refractivity contribution in [3.8, 4) is 0 Å². The smallest absolute Gasteiger partial charge is 0.308 e. The van der Waals surface area contributed by atoms with Crippen LogP contribution in [0.2, 0.25) is 0 Å². The minimum atomic E-state index is -4.56. The van der Waals surface area contributed by atoms with Crippen LogP contribution in [0.4, 0.5) is 13.2 Å². The normalized spacial score (nSPS) is 14.8. The summed E-state index contributed by atoms with van der Waals surface area (Å²) >= 11 is 0.524. The van der Waals surface area contributed by atoms with E-state index in [1.807, 2.05) is 19.0 Å². The van der Waals surface area contributed by atoms with E-state index in [1.165, 1.54) is 6.07 Å². The highest BCUT2D eigenvalue weighted by Gasteiger charge is 2.37. The van der Waals surface area contributed by atoms with Gasteiger partial charge in [-0.3, -0.25) is 14.5 Å². The maximum atomic E-state index is 13.1. The van der Waals surface area contributed by atoms with E-state index in [4.69, 9.17) is 0 Å². The number of hydrogen-bond donors (Lipinski definition) is 0. The molecule has 0 saturated heterocycles. The first-order valence-corrected chi connectivity index (χ1v) is 8.94. The number of rotatable bonds is 3. The van der Waals surface area contributed by atoms with Gasteiger partial charge >= 0.3 is 6.18 Å². The lowest BCUT2D eigenvalue weighted by Gasteiger charge is -2.28. The topological polar surface area (TPSA) is 53.5 Å². The van der Waals surface area contributed by atoms with E-state index in [0.29, 0.717) is 38.9 Å². The predicted octanol–water partition coefficient (Wildman–Crippen LogP) is 3.63. The van der Waals surface area contributed by atoms with Crippen LogP contribution in [0.15, 0.2) is 24.3 Å². The monoisotopic (exact) mass is 393 g/mol. The van der Waals surface area contributed by atoms with Gasteiger partial charge < -0.3 is 4.90 Å². The van der Waals surface area contributed by atoms with E-state index >= 15 is 0 Å². The lowest BCUT2D eigenvalue weighted by atomic mass is 9.93. The number of halogens is 3. The molecule has 0 saturated carbocycles. The molecule has 0 aliphatic carbocycles. The second-order valence-corrected chi connectivity index (χ2v) is 7.58. The van der Waals surface area contributed by atoms with Crippen molar-refractivity contribution in [2.45, 2.75) is 6.18 Å². The van der Waals surface area contributed by atoms with Crippen molar-refractivity contribution in [1.82, 2.24) is 14.8 Å². The van der Waals surface area contributed by atoms with Crippen molar-refractivity contribution >= 4 is 44.1 Å². The van der Waals surface area contributed by atoms with E-state index in [-0.39, 0.29) is 17.6 Å². The number of fused-ring (bicyclic) bond motifs is 2. The highest BCUT2D eigenvalue weighted by Crippen LogP contribution is 2.41. The summed E-state index contributed by atoms with van der Waals surface area (Å²) in [5, 5.41) is -0.121. The molecule has 1 aliphatic rings. The second kappa shape index (κ2) is 6.00. The molecule has 1 aromatic heterocycles. The van der Waals surface area contributed by atoms with Crippen LogP contribution < -0.4 is 0 Å². The van der Waals surface area contributed by atoms with E-state index in [2.05, 4.69) is 4.98 Å². The Balaban J connectivity index is 1.96. The molecule has 0 atom stereocenters. The maximum Gasteiger partial charge on any atom is 0.443 e. The van der Waals surface area contributed by atoms with Crippen molar-refractivity contribution in [2.24, 2.45) is 0 Å². The standard InChI is InChI=1S/C18H14F3N3O2S/c1-23(2)6-7-24-15(25)10-5-3-4-9-13(10)11(16(24)26)8-12-14(9)27-17(22-12)18(19,20)21/h3-5,8H,6-7H2,1-2H3. The summed E-state index contributed by atoms with van der Waals surface area (Å²) in [6.07, 6.45) is -4.56. The number of hydrogen-bond acceptors (Lipinski definition) is 5. The number of thiazole rings is 1. The Bertz CT molecular complexity index is 1100. The molecule has 1 aliphatic heterocycles. The summed E-state index contributed by atoms with van der Waals surface area (Å²) in [6, 6.07) is 6.20. The average Bonchev–Trinajstić information content (AvgIpc) is 3.03. The van der Waals surface area contributed by atoms with Crippen LogP contribution in [0.3, 0.4) is 0 Å². The number of amides is 2. The van der Waals surface area contributed by atoms with Crippen LogP contribution in [-0.4, -0.2) is 53.8 Å². The molecule has 0 radical (unpaired) electrons. The molecule has 2 amide bonds. The highest BCUT2D eigenvalue weighted by atomic mass is 32.1. The maximum absolute atomic E-state index is 13.1. The Kier molecular flexibility index (Phi) is 3.97. The van der Waals surface area contributed by atoms with Gasteiger partial charge in [0.05, 0.1) is 15.8 Å². The van der Waals surface area contributed by atoms with Gasteiger partial charge in [-0.25, -0.2) is 4.98 Å². The Morgan fingerprint density at radius 1 is 1.15 bits per heavy atom. The molecular formula is C18H14F3N3O2S. The molecule has 27 heavy (non-hydrogen) atoms. The molecule has 4 rings (SSSR count). The lowest BCUT2D eigenvalue weighted by molar-refractivity contribution is -0.137. The van der Waals surface area contributed by atoms with Crippen LogP contribution in [-0.2, 0) is 6.18 Å². The molecule has 140 valence electrons. The molecule has 2 aromatic carbocycles. The predicted molar refractivity (Wildman–Crippen MR) is 96.0 cm³/mol. The zero-order chi connectivity index (χ0) is 19.5. The summed E-state index contributed by atoms with van der Waals surface area (Å²) in [5.74, 6) is -0.936. The second-order valence-electron chi connectivity index (χ2n) is 6.58. The van der Waals surface area contributed by atoms with Gasteiger partial charge in [0.2, 0.25) is 0 Å². The van der Waals surface area contributed by atoms with Gasteiger partial charge in [0, 0.05) is 29.4 Å². The van der Waals surface area contributed by atoms with Gasteiger partial charge in [-0.1, -0.05) is 12.1 Å². The van der Waals surface area contributed by atoms with Gasteiger partial charge in [-0.05, 0) is 26.2 Å². The fourth-order valence-corrected chi connectivity index (χ4v) is 4.16. The van der Waals surface area contributed by atoms with Crippen molar-refractivity contribution < 1.29 is 22.8 Å². The first-order chi connectivity index (χ1) is 12.7. The first kappa shape index (κ1) is 17.9. The Morgan fingerprint density at radius 2 is 1.85 bits per heavy atom. The first-order valence-electron chi connectivity index (χ1n) is 8.13. The van der Waals surface area contributed by atoms with E-state index < -0.39 is 23.0 Å². The SMILES string of the molecule is CN(C)CCN1C(=O)c2cccc3c2c(cc2nc(C(F)(F)F)sc23)C1=O. The third-order valence-corrected chi connectivity index (χ3v) is 5.63. The van der Waals surface area contributed by atoms with Gasteiger partial charge in [0.15, 0.2) is 5.01 Å². The third kappa shape index (κ3) is 2.78. The van der Waals surface area contributed by atoms with Crippen LogP contribution in [0.5, 0.6) is 0 Å². The van der Waals surface area contributed by atoms with E-state index in [0.717, 1.165) is 4.90 Å². The quantitative estimate of drug-likeness (QED) is 0.638. The molecule has 0 fully saturated rings. The van der Waals surface area contributed by atoms with Gasteiger partial charge in [0.25, 0.3) is 11.8 Å². The number of likely N-dealkylation sites (N-methyl/N-ethyl adjacent to an activating group) is 1. The lowest BCUT2D eigenvalue weighted by Crippen LogP contribution is -2.43. The largest absolute Gasteiger partial charge is 0.443 e. The Hall–Kier alpha value is -2.52. The van der Waals surface area contributed by atoms with Crippen LogP contribution in [0, 0.1) is 0 Å². The molecule has 3 aromatic rings. The van der Waals surface area contributed by atoms with Crippen molar-refractivity contribution in [1.29, 1.82) is 0 Å². The van der Waals surface area contributed by atoms with Crippen LogP contribution in [0.25, 0.3) is 21.0 Å². The molecule has 2 heterocycles. The number of imide groups is 1. The van der Waals surface area contributed by atoms with Gasteiger partial charge in [0.1, 0.15) is 0 Å². The van der Waals surface area contributed by atoms with Gasteiger partial charge in [-0.2, -0.15) is 13.2 Å². The van der Waals surface area contributed by atoms with Crippen LogP contribution >= 0.6 is 11.3 Å². The van der Waals surface area contributed by atoms with E-state index in [1.54, 1.807) is 18.2 Å². The summed E-state index contributed by atoms with van der Waals surface area (Å²) < 4.78 is 39.6. The Labute approximate surface area is 156 Å². The summed E-state index contributed by atoms with van der Waals surface area (Å²) in [6.45, 7) is 0.684. The molecule has 0 spiro atoms. The zero-order valence-corrected chi connectivity index (χ0v) is 15.2. The number of carbonyl (C=O) groups excluding carboxylic acids is 2. The molecule has 5 nitrogen and oxygen atoms in total. The molecule has 9 heteroatoms. The van der Waals surface area contributed by atoms with Gasteiger partial charge in [-0.15, -0.1) is 11.3 Å². The molecule has 0 N–H and O–H groups in total. The summed E-state index contributed by atoms with van der Waals surface area (Å²) in [7, 11) is 3.65. The molecule has 0 bridgehead atoms. The average molecular weight is 393 g/mol. The number of benzene rings is 2. The number of alkyl halides is 3. The summed E-state index contributed by atoms with van der Waals surface area (Å²) in [4.78, 5) is 32.4. The number of nitrogens with zero attached hydrogens (tertiary/aromatic N) is 3. The van der Waals surface area contributed by atoms with E-state index in [9.17, 15) is 22.8 Å². The fourth-order valence-electron chi connectivity index (χ4n) is 3.22. The minimum Gasteiger partial charge on any atom is -0.308 e. The third-order valence-electron chi connectivity index (χ3n) is 4.48. The highest BCUT2D eigenvalue weighted by molar-refractivity contribution is 7.19. The fraction of sp³-hybridized carbons (Fsp3) is 0.278. The van der Waals surface area contributed by atoms with Crippen molar-refractivity contribution in [3.63, 3.8) is 0 Å². The van der Waals surface area contributed by atoms with Crippen molar-refractivity contribution in [3.05, 3.63) is 40.4 Å². The Morgan fingerprint density at radius 3 is 2.52 bits per heavy atom. The number of carbonyl (C=O) groups is 2. The zero-order valence-electron chi connectivity index (χ0n) is 14.4. The van der Waals surface area contributed by atoms with Crippen LogP contribution in [0.1, 0.15) is 25.7 Å². The van der Waals surface area contributed by atoms with Crippen molar-refractivity contribution in [2.75, 3.05) is 27.2 Å².